The number of carbonyl (C=O) groups is 1. The average molecular weight is 450 g/mol. The molecule has 0 spiro atoms. The van der Waals surface area contributed by atoms with Crippen molar-refractivity contribution in [1.29, 1.82) is 0 Å². The van der Waals surface area contributed by atoms with E-state index < -0.39 is 10.8 Å². The fraction of sp³-hybridized carbons (Fsp3) is 0.167. The third-order valence-corrected chi connectivity index (χ3v) is 5.71. The van der Waals surface area contributed by atoms with E-state index in [0.717, 1.165) is 23.6 Å². The monoisotopic (exact) mass is 449 g/mol. The van der Waals surface area contributed by atoms with Crippen LogP contribution in [0.15, 0.2) is 65.1 Å². The van der Waals surface area contributed by atoms with Crippen molar-refractivity contribution in [1.82, 2.24) is 4.98 Å². The van der Waals surface area contributed by atoms with Crippen molar-refractivity contribution in [3.8, 4) is 11.5 Å². The van der Waals surface area contributed by atoms with Crippen molar-refractivity contribution in [3.05, 3.63) is 86.9 Å². The SMILES string of the molecule is CC[C@@H](C)c1ccc2oc(-c3ccc(NC(=O)c4ccc(Cl)c([N+](=O)[O-])c4)cc3)nc2c1. The second-order valence-electron chi connectivity index (χ2n) is 7.51. The molecule has 162 valence electrons. The maximum absolute atomic E-state index is 12.5. The van der Waals surface area contributed by atoms with Gasteiger partial charge >= 0.3 is 0 Å². The van der Waals surface area contributed by atoms with Crippen LogP contribution in [0, 0.1) is 10.1 Å². The topological polar surface area (TPSA) is 98.3 Å². The molecule has 1 atom stereocenters. The standard InChI is InChI=1S/C24H20ClN3O4/c1-3-14(2)16-7-11-22-20(12-16)27-24(32-22)15-4-8-18(9-5-15)26-23(29)17-6-10-19(25)21(13-17)28(30)31/h4-14H,3H2,1-2H3,(H,26,29)/t14-/m1/s1. The van der Waals surface area contributed by atoms with Crippen molar-refractivity contribution in [2.24, 2.45) is 0 Å². The van der Waals surface area contributed by atoms with E-state index in [4.69, 9.17) is 16.0 Å². The lowest BCUT2D eigenvalue weighted by Gasteiger charge is -2.07. The molecule has 0 fully saturated rings. The molecule has 4 rings (SSSR count). The summed E-state index contributed by atoms with van der Waals surface area (Å²) in [7, 11) is 0. The van der Waals surface area contributed by atoms with Gasteiger partial charge < -0.3 is 9.73 Å². The number of nitrogens with one attached hydrogen (secondary N) is 1. The maximum atomic E-state index is 12.5. The number of nitrogens with zero attached hydrogens (tertiary/aromatic N) is 2. The Morgan fingerprint density at radius 3 is 2.59 bits per heavy atom. The molecule has 0 unspecified atom stereocenters. The largest absolute Gasteiger partial charge is 0.436 e. The molecular weight excluding hydrogens is 430 g/mol. The first kappa shape index (κ1) is 21.5. The van der Waals surface area contributed by atoms with Gasteiger partial charge in [0, 0.05) is 22.9 Å². The highest BCUT2D eigenvalue weighted by molar-refractivity contribution is 6.32. The van der Waals surface area contributed by atoms with Gasteiger partial charge in [0.25, 0.3) is 11.6 Å². The lowest BCUT2D eigenvalue weighted by Crippen LogP contribution is -2.12. The first-order valence-corrected chi connectivity index (χ1v) is 10.5. The van der Waals surface area contributed by atoms with Gasteiger partial charge in [-0.2, -0.15) is 0 Å². The summed E-state index contributed by atoms with van der Waals surface area (Å²) in [6.45, 7) is 4.33. The number of halogens is 1. The summed E-state index contributed by atoms with van der Waals surface area (Å²) in [5, 5.41) is 13.7. The maximum Gasteiger partial charge on any atom is 0.288 e. The number of nitro benzene ring substituents is 1. The molecule has 3 aromatic carbocycles. The zero-order valence-electron chi connectivity index (χ0n) is 17.5. The predicted molar refractivity (Wildman–Crippen MR) is 124 cm³/mol. The van der Waals surface area contributed by atoms with Crippen molar-refractivity contribution < 1.29 is 14.1 Å². The van der Waals surface area contributed by atoms with Gasteiger partial charge in [0.1, 0.15) is 10.5 Å². The van der Waals surface area contributed by atoms with Gasteiger partial charge in [-0.3, -0.25) is 14.9 Å². The molecule has 7 nitrogen and oxygen atoms in total. The average Bonchev–Trinajstić information content (AvgIpc) is 3.22. The highest BCUT2D eigenvalue weighted by atomic mass is 35.5. The van der Waals surface area contributed by atoms with Gasteiger partial charge in [-0.25, -0.2) is 4.98 Å². The normalized spacial score (nSPS) is 12.0. The molecule has 8 heteroatoms. The number of rotatable bonds is 6. The first-order valence-electron chi connectivity index (χ1n) is 10.1. The molecule has 1 aromatic heterocycles. The Kier molecular flexibility index (Phi) is 5.92. The second kappa shape index (κ2) is 8.80. The quantitative estimate of drug-likeness (QED) is 0.257. The molecule has 1 amide bonds. The van der Waals surface area contributed by atoms with Gasteiger partial charge in [0.05, 0.1) is 4.92 Å². The first-order chi connectivity index (χ1) is 15.4. The summed E-state index contributed by atoms with van der Waals surface area (Å²) in [4.78, 5) is 27.5. The Labute approximate surface area is 189 Å². The predicted octanol–water partition coefficient (Wildman–Crippen LogP) is 6.82. The van der Waals surface area contributed by atoms with Crippen molar-refractivity contribution >= 4 is 40.0 Å². The Morgan fingerprint density at radius 1 is 1.16 bits per heavy atom. The second-order valence-corrected chi connectivity index (χ2v) is 7.92. The third-order valence-electron chi connectivity index (χ3n) is 5.39. The van der Waals surface area contributed by atoms with E-state index in [1.54, 1.807) is 24.3 Å². The molecule has 0 radical (unpaired) electrons. The Bertz CT molecular complexity index is 1310. The number of carbonyl (C=O) groups excluding carboxylic acids is 1. The lowest BCUT2D eigenvalue weighted by molar-refractivity contribution is -0.384. The van der Waals surface area contributed by atoms with Gasteiger partial charge in [-0.15, -0.1) is 0 Å². The zero-order valence-corrected chi connectivity index (χ0v) is 18.2. The van der Waals surface area contributed by atoms with E-state index in [1.807, 2.05) is 6.07 Å². The molecule has 32 heavy (non-hydrogen) atoms. The summed E-state index contributed by atoms with van der Waals surface area (Å²) < 4.78 is 5.88. The molecule has 0 aliphatic heterocycles. The highest BCUT2D eigenvalue weighted by Crippen LogP contribution is 2.29. The van der Waals surface area contributed by atoms with E-state index in [9.17, 15) is 14.9 Å². The third kappa shape index (κ3) is 4.33. The van der Waals surface area contributed by atoms with Crippen molar-refractivity contribution in [2.45, 2.75) is 26.2 Å². The number of hydrogen-bond donors (Lipinski definition) is 1. The van der Waals surface area contributed by atoms with Crippen molar-refractivity contribution in [2.75, 3.05) is 5.32 Å². The van der Waals surface area contributed by atoms with E-state index >= 15 is 0 Å². The van der Waals surface area contributed by atoms with Crippen LogP contribution in [0.4, 0.5) is 11.4 Å². The fourth-order valence-electron chi connectivity index (χ4n) is 3.30. The van der Waals surface area contributed by atoms with E-state index in [2.05, 4.69) is 36.3 Å². The number of anilines is 1. The van der Waals surface area contributed by atoms with Crippen LogP contribution in [0.5, 0.6) is 0 Å². The van der Waals surface area contributed by atoms with Gasteiger partial charge in [-0.1, -0.05) is 31.5 Å². The number of amides is 1. The van der Waals surface area contributed by atoms with Crippen LogP contribution in [-0.2, 0) is 0 Å². The van der Waals surface area contributed by atoms with Crippen LogP contribution >= 0.6 is 11.6 Å². The van der Waals surface area contributed by atoms with Crippen LogP contribution < -0.4 is 5.32 Å². The highest BCUT2D eigenvalue weighted by Gasteiger charge is 2.17. The summed E-state index contributed by atoms with van der Waals surface area (Å²) >= 11 is 5.80. The Morgan fingerprint density at radius 2 is 1.91 bits per heavy atom. The van der Waals surface area contributed by atoms with E-state index in [0.29, 0.717) is 23.1 Å². The fourth-order valence-corrected chi connectivity index (χ4v) is 3.49. The number of nitro groups is 1. The van der Waals surface area contributed by atoms with Gasteiger partial charge in [0.2, 0.25) is 5.89 Å². The minimum atomic E-state index is -0.625. The van der Waals surface area contributed by atoms with E-state index in [-0.39, 0.29) is 16.3 Å². The van der Waals surface area contributed by atoms with Crippen LogP contribution in [0.2, 0.25) is 5.02 Å². The summed E-state index contributed by atoms with van der Waals surface area (Å²) in [5.74, 6) is 0.467. The molecular formula is C24H20ClN3O4. The summed E-state index contributed by atoms with van der Waals surface area (Å²) in [6.07, 6.45) is 1.05. The van der Waals surface area contributed by atoms with Crippen LogP contribution in [0.25, 0.3) is 22.6 Å². The van der Waals surface area contributed by atoms with Crippen LogP contribution in [0.3, 0.4) is 0 Å². The molecule has 0 aliphatic rings. The summed E-state index contributed by atoms with van der Waals surface area (Å²) in [6, 6.07) is 17.0. The number of hydrogen-bond acceptors (Lipinski definition) is 5. The molecule has 1 N–H and O–H groups in total. The Balaban J connectivity index is 1.52. The zero-order chi connectivity index (χ0) is 22.8. The molecule has 0 saturated carbocycles. The van der Waals surface area contributed by atoms with Crippen LogP contribution in [0.1, 0.15) is 42.1 Å². The molecule has 0 bridgehead atoms. The van der Waals surface area contributed by atoms with Gasteiger partial charge in [-0.05, 0) is 66.4 Å². The number of fused-ring (bicyclic) bond motifs is 1. The molecule has 4 aromatic rings. The molecule has 0 aliphatic carbocycles. The minimum absolute atomic E-state index is 0.0227. The minimum Gasteiger partial charge on any atom is -0.436 e. The van der Waals surface area contributed by atoms with Crippen LogP contribution in [-0.4, -0.2) is 15.8 Å². The Hall–Kier alpha value is -3.71. The molecule has 1 heterocycles. The number of aromatic nitrogens is 1. The molecule has 0 saturated heterocycles. The number of benzene rings is 3. The van der Waals surface area contributed by atoms with Gasteiger partial charge in [0.15, 0.2) is 5.58 Å². The lowest BCUT2D eigenvalue weighted by atomic mass is 9.98. The number of oxazole rings is 1. The summed E-state index contributed by atoms with van der Waals surface area (Å²) in [5.41, 5.74) is 3.87. The van der Waals surface area contributed by atoms with Crippen molar-refractivity contribution in [3.63, 3.8) is 0 Å². The smallest absolute Gasteiger partial charge is 0.288 e. The van der Waals surface area contributed by atoms with E-state index in [1.165, 1.54) is 17.7 Å².